The maximum absolute atomic E-state index is 12.3. The van der Waals surface area contributed by atoms with Gasteiger partial charge in [0.1, 0.15) is 5.76 Å². The summed E-state index contributed by atoms with van der Waals surface area (Å²) in [5, 5.41) is 4.62. The van der Waals surface area contributed by atoms with Gasteiger partial charge in [0.2, 0.25) is 0 Å². The van der Waals surface area contributed by atoms with Crippen LogP contribution in [0.2, 0.25) is 0 Å². The zero-order chi connectivity index (χ0) is 17.2. The van der Waals surface area contributed by atoms with Crippen molar-refractivity contribution in [3.8, 4) is 0 Å². The summed E-state index contributed by atoms with van der Waals surface area (Å²) >= 11 is 0. The van der Waals surface area contributed by atoms with Crippen LogP contribution in [0.1, 0.15) is 42.2 Å². The van der Waals surface area contributed by atoms with Gasteiger partial charge in [-0.25, -0.2) is 9.67 Å². The van der Waals surface area contributed by atoms with Crippen LogP contribution in [0.3, 0.4) is 0 Å². The summed E-state index contributed by atoms with van der Waals surface area (Å²) in [5.41, 5.74) is 2.38. The molecular formula is C19H26N4O2. The fourth-order valence-electron chi connectivity index (χ4n) is 4.00. The van der Waals surface area contributed by atoms with Crippen molar-refractivity contribution in [3.63, 3.8) is 0 Å². The molecule has 3 heterocycles. The summed E-state index contributed by atoms with van der Waals surface area (Å²) < 4.78 is 7.25. The molecule has 1 fully saturated rings. The molecule has 0 atom stereocenters. The van der Waals surface area contributed by atoms with Crippen LogP contribution in [0.25, 0.3) is 0 Å². The Morgan fingerprint density at radius 1 is 1.28 bits per heavy atom. The molecule has 2 aromatic rings. The number of hydrogen-bond acceptors (Lipinski definition) is 5. The van der Waals surface area contributed by atoms with E-state index in [0.717, 1.165) is 82.0 Å². The van der Waals surface area contributed by atoms with Crippen molar-refractivity contribution in [2.75, 3.05) is 19.6 Å². The van der Waals surface area contributed by atoms with Crippen LogP contribution in [0.15, 0.2) is 21.5 Å². The zero-order valence-corrected chi connectivity index (χ0v) is 14.9. The molecule has 25 heavy (non-hydrogen) atoms. The highest BCUT2D eigenvalue weighted by Crippen LogP contribution is 2.21. The van der Waals surface area contributed by atoms with E-state index in [4.69, 9.17) is 4.42 Å². The molecular weight excluding hydrogens is 316 g/mol. The van der Waals surface area contributed by atoms with E-state index in [0.29, 0.717) is 5.92 Å². The van der Waals surface area contributed by atoms with Crippen molar-refractivity contribution in [2.24, 2.45) is 5.92 Å². The first-order chi connectivity index (χ1) is 12.2. The molecule has 134 valence electrons. The number of oxazole rings is 1. The normalized spacial score (nSPS) is 18.6. The quantitative estimate of drug-likeness (QED) is 0.831. The van der Waals surface area contributed by atoms with E-state index in [1.165, 1.54) is 5.56 Å². The van der Waals surface area contributed by atoms with Gasteiger partial charge < -0.3 is 9.32 Å². The molecule has 6 nitrogen and oxygen atoms in total. The lowest BCUT2D eigenvalue weighted by molar-refractivity contribution is 0.169. The minimum absolute atomic E-state index is 0.0729. The lowest BCUT2D eigenvalue weighted by atomic mass is 9.96. The SMILES string of the molecule is Cc1ncc(CCN2CCC(Cn3nc4c(cc3=O)CCC4)CC2)o1. The Bertz CT molecular complexity index is 787. The number of nitrogens with zero attached hydrogens (tertiary/aromatic N) is 4. The first-order valence-corrected chi connectivity index (χ1v) is 9.41. The molecule has 2 aromatic heterocycles. The number of piperidine rings is 1. The zero-order valence-electron chi connectivity index (χ0n) is 14.9. The Labute approximate surface area is 147 Å². The maximum atomic E-state index is 12.3. The maximum Gasteiger partial charge on any atom is 0.267 e. The van der Waals surface area contributed by atoms with E-state index in [9.17, 15) is 4.79 Å². The van der Waals surface area contributed by atoms with Gasteiger partial charge >= 0.3 is 0 Å². The number of hydrogen-bond donors (Lipinski definition) is 0. The standard InChI is InChI=1S/C19H26N4O2/c1-14-20-12-17(25-14)7-10-22-8-5-15(6-9-22)13-23-19(24)11-16-3-2-4-18(16)21-23/h11-12,15H,2-10,13H2,1H3. The molecule has 0 amide bonds. The number of aromatic nitrogens is 3. The minimum atomic E-state index is 0.0729. The van der Waals surface area contributed by atoms with Crippen LogP contribution in [0, 0.1) is 12.8 Å². The monoisotopic (exact) mass is 342 g/mol. The third-order valence-electron chi connectivity index (χ3n) is 5.51. The molecule has 0 aromatic carbocycles. The molecule has 4 rings (SSSR count). The van der Waals surface area contributed by atoms with Crippen LogP contribution < -0.4 is 5.56 Å². The molecule has 1 saturated heterocycles. The number of rotatable bonds is 5. The molecule has 0 N–H and O–H groups in total. The highest BCUT2D eigenvalue weighted by atomic mass is 16.4. The van der Waals surface area contributed by atoms with Gasteiger partial charge in [-0.1, -0.05) is 0 Å². The van der Waals surface area contributed by atoms with Crippen LogP contribution in [0.5, 0.6) is 0 Å². The number of fused-ring (bicyclic) bond motifs is 1. The van der Waals surface area contributed by atoms with Crippen LogP contribution in [0.4, 0.5) is 0 Å². The molecule has 0 unspecified atom stereocenters. The fourth-order valence-corrected chi connectivity index (χ4v) is 4.00. The lowest BCUT2D eigenvalue weighted by Crippen LogP contribution is -2.38. The van der Waals surface area contributed by atoms with E-state index in [1.807, 2.05) is 19.2 Å². The van der Waals surface area contributed by atoms with E-state index in [2.05, 4.69) is 15.0 Å². The lowest BCUT2D eigenvalue weighted by Gasteiger charge is -2.31. The Kier molecular flexibility index (Phi) is 4.70. The summed E-state index contributed by atoms with van der Waals surface area (Å²) in [6.45, 7) is 5.82. The number of likely N-dealkylation sites (tertiary alicyclic amines) is 1. The smallest absolute Gasteiger partial charge is 0.267 e. The van der Waals surface area contributed by atoms with Crippen LogP contribution >= 0.6 is 0 Å². The average Bonchev–Trinajstić information content (AvgIpc) is 3.23. The summed E-state index contributed by atoms with van der Waals surface area (Å²) in [7, 11) is 0. The van der Waals surface area contributed by atoms with Crippen molar-refractivity contribution in [1.29, 1.82) is 0 Å². The highest BCUT2D eigenvalue weighted by Gasteiger charge is 2.22. The Hall–Kier alpha value is -1.95. The molecule has 0 radical (unpaired) electrons. The topological polar surface area (TPSA) is 64.2 Å². The van der Waals surface area contributed by atoms with Crippen molar-refractivity contribution in [2.45, 2.75) is 52.0 Å². The van der Waals surface area contributed by atoms with Crippen LogP contribution in [-0.4, -0.2) is 39.3 Å². The Morgan fingerprint density at radius 2 is 2.12 bits per heavy atom. The van der Waals surface area contributed by atoms with Gasteiger partial charge in [-0.3, -0.25) is 4.79 Å². The minimum Gasteiger partial charge on any atom is -0.446 e. The Balaban J connectivity index is 1.28. The molecule has 0 spiro atoms. The third-order valence-corrected chi connectivity index (χ3v) is 5.51. The predicted octanol–water partition coefficient (Wildman–Crippen LogP) is 1.98. The number of aryl methyl sites for hydroxylation is 3. The molecule has 6 heteroatoms. The summed E-state index contributed by atoms with van der Waals surface area (Å²) in [4.78, 5) is 18.9. The first-order valence-electron chi connectivity index (χ1n) is 9.41. The molecule has 1 aliphatic carbocycles. The fraction of sp³-hybridized carbons (Fsp3) is 0.632. The van der Waals surface area contributed by atoms with Gasteiger partial charge in [0.15, 0.2) is 5.89 Å². The van der Waals surface area contributed by atoms with E-state index in [1.54, 1.807) is 4.68 Å². The van der Waals surface area contributed by atoms with E-state index >= 15 is 0 Å². The van der Waals surface area contributed by atoms with Gasteiger partial charge in [-0.2, -0.15) is 5.10 Å². The van der Waals surface area contributed by atoms with Gasteiger partial charge in [0, 0.05) is 32.5 Å². The van der Waals surface area contributed by atoms with Gasteiger partial charge in [0.25, 0.3) is 5.56 Å². The second-order valence-corrected chi connectivity index (χ2v) is 7.37. The van der Waals surface area contributed by atoms with Crippen molar-refractivity contribution < 1.29 is 4.42 Å². The van der Waals surface area contributed by atoms with Gasteiger partial charge in [-0.05, 0) is 56.7 Å². The van der Waals surface area contributed by atoms with Crippen molar-refractivity contribution >= 4 is 0 Å². The Morgan fingerprint density at radius 3 is 2.88 bits per heavy atom. The predicted molar refractivity (Wildman–Crippen MR) is 94.6 cm³/mol. The van der Waals surface area contributed by atoms with E-state index in [-0.39, 0.29) is 5.56 Å². The second-order valence-electron chi connectivity index (χ2n) is 7.37. The molecule has 2 aliphatic rings. The van der Waals surface area contributed by atoms with Gasteiger partial charge in [-0.15, -0.1) is 0 Å². The van der Waals surface area contributed by atoms with Crippen LogP contribution in [-0.2, 0) is 25.8 Å². The third kappa shape index (κ3) is 3.84. The largest absolute Gasteiger partial charge is 0.446 e. The summed E-state index contributed by atoms with van der Waals surface area (Å²) in [6.07, 6.45) is 8.16. The summed E-state index contributed by atoms with van der Waals surface area (Å²) in [5.74, 6) is 2.25. The van der Waals surface area contributed by atoms with Crippen molar-refractivity contribution in [3.05, 3.63) is 45.5 Å². The molecule has 0 bridgehead atoms. The molecule has 0 saturated carbocycles. The van der Waals surface area contributed by atoms with Gasteiger partial charge in [0.05, 0.1) is 11.9 Å². The highest BCUT2D eigenvalue weighted by molar-refractivity contribution is 5.22. The molecule has 1 aliphatic heterocycles. The van der Waals surface area contributed by atoms with E-state index < -0.39 is 0 Å². The first kappa shape index (κ1) is 16.5. The van der Waals surface area contributed by atoms with Crippen molar-refractivity contribution in [1.82, 2.24) is 19.7 Å². The average molecular weight is 342 g/mol. The second kappa shape index (κ2) is 7.12. The summed E-state index contributed by atoms with van der Waals surface area (Å²) in [6, 6.07) is 1.81.